The fraction of sp³-hybridized carbons (Fsp3) is 0.174. The molecule has 0 radical (unpaired) electrons. The fourth-order valence-electron chi connectivity index (χ4n) is 3.36. The zero-order valence-corrected chi connectivity index (χ0v) is 17.5. The summed E-state index contributed by atoms with van der Waals surface area (Å²) < 4.78 is 6.50. The number of nitrogens with zero attached hydrogens (tertiary/aromatic N) is 2. The van der Waals surface area contributed by atoms with Crippen molar-refractivity contribution < 1.29 is 9.53 Å². The molecule has 0 aliphatic heterocycles. The highest BCUT2D eigenvalue weighted by molar-refractivity contribution is 7.19. The predicted octanol–water partition coefficient (Wildman–Crippen LogP) is 3.76. The van der Waals surface area contributed by atoms with Crippen LogP contribution < -0.4 is 15.6 Å². The molecular formula is C23H21N3O3S. The number of nitrogens with one attached hydrogen (secondary N) is 1. The molecule has 0 saturated carbocycles. The molecular weight excluding hydrogens is 398 g/mol. The number of ether oxygens (including phenoxy) is 1. The van der Waals surface area contributed by atoms with E-state index >= 15 is 0 Å². The molecule has 0 fully saturated rings. The van der Waals surface area contributed by atoms with E-state index in [9.17, 15) is 9.59 Å². The van der Waals surface area contributed by atoms with Crippen LogP contribution >= 0.6 is 11.3 Å². The molecule has 0 aliphatic rings. The Balaban J connectivity index is 1.56. The lowest BCUT2D eigenvalue weighted by molar-refractivity contribution is -0.121. The summed E-state index contributed by atoms with van der Waals surface area (Å²) in [4.78, 5) is 31.7. The van der Waals surface area contributed by atoms with Crippen molar-refractivity contribution in [2.24, 2.45) is 0 Å². The lowest BCUT2D eigenvalue weighted by Gasteiger charge is -2.08. The molecule has 2 heterocycles. The minimum Gasteiger partial charge on any atom is -0.497 e. The molecule has 2 aromatic carbocycles. The molecule has 6 nitrogen and oxygen atoms in total. The standard InChI is InChI=1S/C23H21N3O3S/c1-15-20(17-6-4-3-5-7-17)21-22(30-15)25-14-26(23(21)28)13-19(27)24-12-16-8-10-18(29-2)11-9-16/h3-11,14H,12-13H2,1-2H3,(H,24,27). The van der Waals surface area contributed by atoms with E-state index in [-0.39, 0.29) is 18.0 Å². The summed E-state index contributed by atoms with van der Waals surface area (Å²) in [5.74, 6) is 0.513. The Bertz CT molecular complexity index is 1240. The highest BCUT2D eigenvalue weighted by atomic mass is 32.1. The maximum absolute atomic E-state index is 13.2. The Morgan fingerprint density at radius 1 is 1.13 bits per heavy atom. The van der Waals surface area contributed by atoms with E-state index in [1.165, 1.54) is 22.2 Å². The number of thiophene rings is 1. The number of benzene rings is 2. The molecule has 4 aromatic rings. The second kappa shape index (κ2) is 8.51. The van der Waals surface area contributed by atoms with E-state index in [0.29, 0.717) is 16.8 Å². The second-order valence-corrected chi connectivity index (χ2v) is 8.09. The van der Waals surface area contributed by atoms with E-state index in [0.717, 1.165) is 27.3 Å². The van der Waals surface area contributed by atoms with Gasteiger partial charge in [0.1, 0.15) is 17.1 Å². The normalized spacial score (nSPS) is 10.9. The van der Waals surface area contributed by atoms with Gasteiger partial charge in [-0.15, -0.1) is 11.3 Å². The molecule has 7 heteroatoms. The van der Waals surface area contributed by atoms with Crippen LogP contribution in [0.4, 0.5) is 0 Å². The average molecular weight is 420 g/mol. The van der Waals surface area contributed by atoms with Crippen LogP contribution in [0.15, 0.2) is 65.7 Å². The molecule has 0 spiro atoms. The summed E-state index contributed by atoms with van der Waals surface area (Å²) in [5.41, 5.74) is 2.61. The van der Waals surface area contributed by atoms with Gasteiger partial charge in [-0.25, -0.2) is 4.98 Å². The minimum atomic E-state index is -0.248. The summed E-state index contributed by atoms with van der Waals surface area (Å²) in [6.07, 6.45) is 1.45. The Kier molecular flexibility index (Phi) is 5.63. The Morgan fingerprint density at radius 2 is 1.87 bits per heavy atom. The van der Waals surface area contributed by atoms with Gasteiger partial charge in [-0.1, -0.05) is 42.5 Å². The average Bonchev–Trinajstić information content (AvgIpc) is 3.12. The number of aryl methyl sites for hydroxylation is 1. The molecule has 0 unspecified atom stereocenters. The Labute approximate surface area is 177 Å². The molecule has 4 rings (SSSR count). The van der Waals surface area contributed by atoms with Gasteiger partial charge in [0.15, 0.2) is 0 Å². The zero-order chi connectivity index (χ0) is 21.1. The molecule has 0 bridgehead atoms. The minimum absolute atomic E-state index is 0.0823. The van der Waals surface area contributed by atoms with Gasteiger partial charge in [0.05, 0.1) is 18.8 Å². The summed E-state index contributed by atoms with van der Waals surface area (Å²) in [7, 11) is 1.61. The summed E-state index contributed by atoms with van der Waals surface area (Å²) in [5, 5.41) is 3.41. The topological polar surface area (TPSA) is 73.2 Å². The van der Waals surface area contributed by atoms with Gasteiger partial charge < -0.3 is 10.1 Å². The van der Waals surface area contributed by atoms with Gasteiger partial charge in [-0.05, 0) is 30.2 Å². The van der Waals surface area contributed by atoms with Crippen LogP contribution in [0.2, 0.25) is 0 Å². The van der Waals surface area contributed by atoms with Gasteiger partial charge in [0.2, 0.25) is 5.91 Å². The SMILES string of the molecule is COc1ccc(CNC(=O)Cn2cnc3sc(C)c(-c4ccccc4)c3c2=O)cc1. The number of carbonyl (C=O) groups excluding carboxylic acids is 1. The van der Waals surface area contributed by atoms with Crippen LogP contribution in [0.25, 0.3) is 21.3 Å². The van der Waals surface area contributed by atoms with Crippen molar-refractivity contribution in [3.8, 4) is 16.9 Å². The molecule has 0 saturated heterocycles. The zero-order valence-electron chi connectivity index (χ0n) is 16.7. The molecule has 30 heavy (non-hydrogen) atoms. The number of rotatable bonds is 6. The van der Waals surface area contributed by atoms with E-state index in [4.69, 9.17) is 4.74 Å². The Hall–Kier alpha value is -3.45. The molecule has 1 N–H and O–H groups in total. The van der Waals surface area contributed by atoms with Crippen LogP contribution in [0.5, 0.6) is 5.75 Å². The van der Waals surface area contributed by atoms with E-state index in [1.54, 1.807) is 7.11 Å². The fourth-order valence-corrected chi connectivity index (χ4v) is 4.36. The van der Waals surface area contributed by atoms with Crippen molar-refractivity contribution in [3.63, 3.8) is 0 Å². The second-order valence-electron chi connectivity index (χ2n) is 6.88. The van der Waals surface area contributed by atoms with Crippen LogP contribution in [-0.2, 0) is 17.9 Å². The number of methoxy groups -OCH3 is 1. The third-order valence-corrected chi connectivity index (χ3v) is 5.89. The highest BCUT2D eigenvalue weighted by Crippen LogP contribution is 2.35. The van der Waals surface area contributed by atoms with Crippen molar-refractivity contribution in [2.75, 3.05) is 7.11 Å². The molecule has 0 atom stereocenters. The van der Waals surface area contributed by atoms with Gasteiger partial charge >= 0.3 is 0 Å². The smallest absolute Gasteiger partial charge is 0.263 e. The molecule has 1 amide bonds. The van der Waals surface area contributed by atoms with Crippen molar-refractivity contribution >= 4 is 27.5 Å². The third-order valence-electron chi connectivity index (χ3n) is 4.88. The molecule has 0 aliphatic carbocycles. The number of carbonyl (C=O) groups is 1. The first-order valence-corrected chi connectivity index (χ1v) is 10.3. The van der Waals surface area contributed by atoms with Crippen LogP contribution in [0.1, 0.15) is 10.4 Å². The lowest BCUT2D eigenvalue weighted by Crippen LogP contribution is -2.32. The first-order chi connectivity index (χ1) is 14.6. The third kappa shape index (κ3) is 3.97. The maximum Gasteiger partial charge on any atom is 0.263 e. The summed E-state index contributed by atoms with van der Waals surface area (Å²) >= 11 is 1.49. The van der Waals surface area contributed by atoms with E-state index in [2.05, 4.69) is 10.3 Å². The van der Waals surface area contributed by atoms with E-state index < -0.39 is 0 Å². The molecule has 152 valence electrons. The van der Waals surface area contributed by atoms with Gasteiger partial charge in [0, 0.05) is 17.0 Å². The summed E-state index contributed by atoms with van der Waals surface area (Å²) in [6.45, 7) is 2.28. The number of fused-ring (bicyclic) bond motifs is 1. The van der Waals surface area contributed by atoms with Gasteiger partial charge in [0.25, 0.3) is 5.56 Å². The molecule has 2 aromatic heterocycles. The van der Waals surface area contributed by atoms with Crippen molar-refractivity contribution in [1.82, 2.24) is 14.9 Å². The highest BCUT2D eigenvalue weighted by Gasteiger charge is 2.17. The van der Waals surface area contributed by atoms with Crippen LogP contribution in [-0.4, -0.2) is 22.6 Å². The number of hydrogen-bond acceptors (Lipinski definition) is 5. The van der Waals surface area contributed by atoms with Crippen molar-refractivity contribution in [1.29, 1.82) is 0 Å². The monoisotopic (exact) mass is 419 g/mol. The van der Waals surface area contributed by atoms with Crippen LogP contribution in [0, 0.1) is 6.92 Å². The largest absolute Gasteiger partial charge is 0.497 e. The maximum atomic E-state index is 13.2. The van der Waals surface area contributed by atoms with Crippen LogP contribution in [0.3, 0.4) is 0 Å². The summed E-state index contributed by atoms with van der Waals surface area (Å²) in [6, 6.07) is 17.2. The van der Waals surface area contributed by atoms with Crippen molar-refractivity contribution in [3.05, 3.63) is 81.7 Å². The van der Waals surface area contributed by atoms with Crippen molar-refractivity contribution in [2.45, 2.75) is 20.0 Å². The quantitative estimate of drug-likeness (QED) is 0.517. The van der Waals surface area contributed by atoms with E-state index in [1.807, 2.05) is 61.5 Å². The predicted molar refractivity (Wildman–Crippen MR) is 119 cm³/mol. The number of hydrogen-bond donors (Lipinski definition) is 1. The number of amides is 1. The number of aromatic nitrogens is 2. The lowest BCUT2D eigenvalue weighted by atomic mass is 10.0. The Morgan fingerprint density at radius 3 is 2.57 bits per heavy atom. The first kappa shape index (κ1) is 19.8. The first-order valence-electron chi connectivity index (χ1n) is 9.50. The van der Waals surface area contributed by atoms with Gasteiger partial charge in [-0.2, -0.15) is 0 Å². The van der Waals surface area contributed by atoms with Gasteiger partial charge in [-0.3, -0.25) is 14.2 Å².